The average molecular weight is 336 g/mol. The van der Waals surface area contributed by atoms with E-state index in [1.165, 1.54) is 77.9 Å². The van der Waals surface area contributed by atoms with Gasteiger partial charge in [-0.1, -0.05) is 13.8 Å². The van der Waals surface area contributed by atoms with Crippen molar-refractivity contribution in [1.29, 1.82) is 0 Å². The first-order chi connectivity index (χ1) is 11.5. The van der Waals surface area contributed by atoms with Crippen LogP contribution in [-0.2, 0) is 0 Å². The maximum Gasteiger partial charge on any atom is 0.0113 e. The summed E-state index contributed by atoms with van der Waals surface area (Å²) in [6.07, 6.45) is 7.26. The molecule has 0 aromatic rings. The summed E-state index contributed by atoms with van der Waals surface area (Å²) in [7, 11) is 0. The molecule has 0 aromatic carbocycles. The van der Waals surface area contributed by atoms with Crippen LogP contribution in [0.15, 0.2) is 0 Å². The van der Waals surface area contributed by atoms with Crippen LogP contribution >= 0.6 is 0 Å². The van der Waals surface area contributed by atoms with Gasteiger partial charge in [-0.3, -0.25) is 4.90 Å². The summed E-state index contributed by atoms with van der Waals surface area (Å²) in [5, 5.41) is 0. The van der Waals surface area contributed by atoms with Gasteiger partial charge in [0.1, 0.15) is 0 Å². The van der Waals surface area contributed by atoms with Crippen molar-refractivity contribution < 1.29 is 0 Å². The topological polar surface area (TPSA) is 9.72 Å². The van der Waals surface area contributed by atoms with Crippen molar-refractivity contribution in [2.24, 2.45) is 17.8 Å². The Morgan fingerprint density at radius 3 is 2.00 bits per heavy atom. The van der Waals surface area contributed by atoms with Crippen molar-refractivity contribution in [2.75, 3.05) is 45.8 Å². The Morgan fingerprint density at radius 1 is 0.792 bits per heavy atom. The third kappa shape index (κ3) is 4.74. The lowest BCUT2D eigenvalue weighted by Gasteiger charge is -2.43. The van der Waals surface area contributed by atoms with Crippen molar-refractivity contribution in [3.63, 3.8) is 0 Å². The fourth-order valence-corrected chi connectivity index (χ4v) is 5.29. The Labute approximate surface area is 150 Å². The van der Waals surface area contributed by atoms with Gasteiger partial charge in [0.15, 0.2) is 0 Å². The quantitative estimate of drug-likeness (QED) is 0.761. The molecule has 3 aliphatic rings. The standard InChI is InChI=1S/C21H41N3/c1-17(2)20-5-7-21(8-6-20)23-13-11-22(12-14-23)15-19-9-10-24(16-19)18(3)4/h17-21H,5-16H2,1-4H3/t19-,20?,21?/m0/s1. The number of hydrogen-bond donors (Lipinski definition) is 0. The van der Waals surface area contributed by atoms with E-state index in [1.807, 2.05) is 0 Å². The van der Waals surface area contributed by atoms with Crippen LogP contribution in [0.1, 0.15) is 59.8 Å². The van der Waals surface area contributed by atoms with E-state index in [4.69, 9.17) is 0 Å². The molecule has 0 N–H and O–H groups in total. The van der Waals surface area contributed by atoms with Crippen molar-refractivity contribution in [3.05, 3.63) is 0 Å². The van der Waals surface area contributed by atoms with Crippen LogP contribution < -0.4 is 0 Å². The van der Waals surface area contributed by atoms with E-state index < -0.39 is 0 Å². The normalized spacial score (nSPS) is 34.5. The van der Waals surface area contributed by atoms with Gasteiger partial charge in [-0.05, 0) is 70.3 Å². The van der Waals surface area contributed by atoms with E-state index in [0.717, 1.165) is 29.8 Å². The maximum absolute atomic E-state index is 2.82. The zero-order valence-corrected chi connectivity index (χ0v) is 16.7. The molecule has 3 heteroatoms. The van der Waals surface area contributed by atoms with E-state index in [-0.39, 0.29) is 0 Å². The lowest BCUT2D eigenvalue weighted by atomic mass is 9.79. The molecule has 24 heavy (non-hydrogen) atoms. The maximum atomic E-state index is 2.82. The smallest absolute Gasteiger partial charge is 0.0113 e. The lowest BCUT2D eigenvalue weighted by Crippen LogP contribution is -2.52. The van der Waals surface area contributed by atoms with Crippen LogP contribution in [0.25, 0.3) is 0 Å². The molecule has 0 spiro atoms. The number of hydrogen-bond acceptors (Lipinski definition) is 3. The highest BCUT2D eigenvalue weighted by atomic mass is 15.3. The predicted molar refractivity (Wildman–Crippen MR) is 103 cm³/mol. The molecule has 0 amide bonds. The van der Waals surface area contributed by atoms with E-state index >= 15 is 0 Å². The minimum absolute atomic E-state index is 0.729. The van der Waals surface area contributed by atoms with Crippen molar-refractivity contribution in [2.45, 2.75) is 71.9 Å². The second-order valence-electron chi connectivity index (χ2n) is 9.39. The fraction of sp³-hybridized carbons (Fsp3) is 1.00. The summed E-state index contributed by atoms with van der Waals surface area (Å²) in [6.45, 7) is 18.8. The monoisotopic (exact) mass is 335 g/mol. The molecule has 2 aliphatic heterocycles. The number of piperazine rings is 1. The van der Waals surface area contributed by atoms with Gasteiger partial charge < -0.3 is 9.80 Å². The first-order valence-electron chi connectivity index (χ1n) is 10.7. The van der Waals surface area contributed by atoms with Gasteiger partial charge in [-0.15, -0.1) is 0 Å². The Bertz CT molecular complexity index is 365. The molecule has 0 unspecified atom stereocenters. The van der Waals surface area contributed by atoms with Crippen molar-refractivity contribution in [3.8, 4) is 0 Å². The molecule has 3 nitrogen and oxygen atoms in total. The molecule has 1 atom stereocenters. The van der Waals surface area contributed by atoms with E-state index in [1.54, 1.807) is 0 Å². The highest BCUT2D eigenvalue weighted by molar-refractivity contribution is 4.86. The summed E-state index contributed by atoms with van der Waals surface area (Å²) in [4.78, 5) is 8.24. The molecule has 0 aromatic heterocycles. The van der Waals surface area contributed by atoms with Gasteiger partial charge >= 0.3 is 0 Å². The zero-order chi connectivity index (χ0) is 17.1. The number of rotatable bonds is 5. The fourth-order valence-electron chi connectivity index (χ4n) is 5.29. The first-order valence-corrected chi connectivity index (χ1v) is 10.7. The van der Waals surface area contributed by atoms with Crippen LogP contribution in [0.5, 0.6) is 0 Å². The summed E-state index contributed by atoms with van der Waals surface area (Å²) in [6, 6.07) is 1.62. The molecule has 140 valence electrons. The third-order valence-electron chi connectivity index (χ3n) is 7.17. The molecular formula is C21H41N3. The third-order valence-corrected chi connectivity index (χ3v) is 7.17. The number of likely N-dealkylation sites (tertiary alicyclic amines) is 1. The van der Waals surface area contributed by atoms with E-state index in [0.29, 0.717) is 0 Å². The minimum atomic E-state index is 0.729. The molecule has 0 radical (unpaired) electrons. The number of nitrogens with zero attached hydrogens (tertiary/aromatic N) is 3. The Hall–Kier alpha value is -0.120. The molecule has 1 saturated carbocycles. The highest BCUT2D eigenvalue weighted by Gasteiger charge is 2.31. The van der Waals surface area contributed by atoms with Gasteiger partial charge in [0.05, 0.1) is 0 Å². The van der Waals surface area contributed by atoms with Gasteiger partial charge in [0, 0.05) is 51.4 Å². The van der Waals surface area contributed by atoms with Crippen molar-refractivity contribution >= 4 is 0 Å². The summed E-state index contributed by atoms with van der Waals surface area (Å²) in [5.41, 5.74) is 0. The van der Waals surface area contributed by atoms with Gasteiger partial charge in [-0.25, -0.2) is 0 Å². The zero-order valence-electron chi connectivity index (χ0n) is 16.7. The van der Waals surface area contributed by atoms with Crippen LogP contribution in [0.4, 0.5) is 0 Å². The Morgan fingerprint density at radius 2 is 1.46 bits per heavy atom. The molecule has 3 fully saturated rings. The molecule has 2 saturated heterocycles. The van der Waals surface area contributed by atoms with Gasteiger partial charge in [-0.2, -0.15) is 0 Å². The highest BCUT2D eigenvalue weighted by Crippen LogP contribution is 2.32. The van der Waals surface area contributed by atoms with Crippen LogP contribution in [-0.4, -0.2) is 72.6 Å². The Kier molecular flexibility index (Phi) is 6.62. The van der Waals surface area contributed by atoms with Crippen LogP contribution in [0.3, 0.4) is 0 Å². The second-order valence-corrected chi connectivity index (χ2v) is 9.39. The average Bonchev–Trinajstić information content (AvgIpc) is 3.04. The minimum Gasteiger partial charge on any atom is -0.301 e. The molecule has 1 aliphatic carbocycles. The van der Waals surface area contributed by atoms with Gasteiger partial charge in [0.25, 0.3) is 0 Å². The van der Waals surface area contributed by atoms with Gasteiger partial charge in [0.2, 0.25) is 0 Å². The molecule has 0 bridgehead atoms. The summed E-state index contributed by atoms with van der Waals surface area (Å²) < 4.78 is 0. The van der Waals surface area contributed by atoms with Crippen LogP contribution in [0, 0.1) is 17.8 Å². The molecular weight excluding hydrogens is 294 g/mol. The largest absolute Gasteiger partial charge is 0.301 e. The van der Waals surface area contributed by atoms with E-state index in [9.17, 15) is 0 Å². The second kappa shape index (κ2) is 8.51. The summed E-state index contributed by atoms with van der Waals surface area (Å²) >= 11 is 0. The molecule has 3 rings (SSSR count). The first kappa shape index (κ1) is 18.7. The Balaban J connectivity index is 1.36. The predicted octanol–water partition coefficient (Wildman–Crippen LogP) is 3.55. The molecule has 2 heterocycles. The van der Waals surface area contributed by atoms with Crippen LogP contribution in [0.2, 0.25) is 0 Å². The SMILES string of the molecule is CC(C)C1CCC(N2CCN(C[C@@H]3CCN(C(C)C)C3)CC2)CC1. The van der Waals surface area contributed by atoms with Crippen molar-refractivity contribution in [1.82, 2.24) is 14.7 Å². The van der Waals surface area contributed by atoms with E-state index in [2.05, 4.69) is 42.4 Å². The summed E-state index contributed by atoms with van der Waals surface area (Å²) in [5.74, 6) is 2.80. The lowest BCUT2D eigenvalue weighted by molar-refractivity contribution is 0.0593.